The number of aliphatic hydroxyl groups is 1. The summed E-state index contributed by atoms with van der Waals surface area (Å²) in [5.74, 6) is 0.399. The number of carbonyl (C=O) groups excluding carboxylic acids is 1. The third kappa shape index (κ3) is 0.782. The van der Waals surface area contributed by atoms with E-state index in [1.807, 2.05) is 0 Å². The Bertz CT molecular complexity index is 390. The van der Waals surface area contributed by atoms with E-state index in [4.69, 9.17) is 4.74 Å². The smallest absolute Gasteiger partial charge is 0.417 e. The highest BCUT2D eigenvalue weighted by molar-refractivity contribution is 5.74. The van der Waals surface area contributed by atoms with Crippen molar-refractivity contribution in [2.75, 3.05) is 0 Å². The lowest BCUT2D eigenvalue weighted by Crippen LogP contribution is -2.54. The van der Waals surface area contributed by atoms with Gasteiger partial charge in [0.1, 0.15) is 6.10 Å². The van der Waals surface area contributed by atoms with Crippen molar-refractivity contribution >= 4 is 6.09 Å². The van der Waals surface area contributed by atoms with Crippen molar-refractivity contribution in [3.05, 3.63) is 12.5 Å². The topological polar surface area (TPSA) is 49.8 Å². The van der Waals surface area contributed by atoms with Gasteiger partial charge in [-0.05, 0) is 37.2 Å². The van der Waals surface area contributed by atoms with E-state index < -0.39 is 6.09 Å². The summed E-state index contributed by atoms with van der Waals surface area (Å²) in [7, 11) is 0. The Balaban J connectivity index is 2.15. The Kier molecular flexibility index (Phi) is 1.59. The van der Waals surface area contributed by atoms with E-state index in [1.54, 1.807) is 0 Å². The van der Waals surface area contributed by atoms with Gasteiger partial charge in [-0.2, -0.15) is 0 Å². The fourth-order valence-corrected chi connectivity index (χ4v) is 4.24. The van der Waals surface area contributed by atoms with Gasteiger partial charge in [0, 0.05) is 0 Å². The van der Waals surface area contributed by atoms with Gasteiger partial charge in [-0.15, -0.1) is 0 Å². The highest BCUT2D eigenvalue weighted by Crippen LogP contribution is 2.66. The number of ether oxygens (including phenoxy) is 1. The molecule has 3 rings (SSSR count). The Morgan fingerprint density at radius 2 is 2.31 bits per heavy atom. The second kappa shape index (κ2) is 2.55. The minimum absolute atomic E-state index is 0.00447. The average Bonchev–Trinajstić information content (AvgIpc) is 2.67. The van der Waals surface area contributed by atoms with Gasteiger partial charge in [-0.3, -0.25) is 0 Å². The normalized spacial score (nSPS) is 43.4. The number of rotatable bonds is 1. The van der Waals surface area contributed by atoms with Crippen LogP contribution < -0.4 is 0 Å². The van der Waals surface area contributed by atoms with E-state index in [0.717, 1.165) is 19.3 Å². The van der Waals surface area contributed by atoms with Crippen LogP contribution in [0.4, 0.5) is 4.79 Å². The molecular weight excluding hydrogens is 206 g/mol. The van der Waals surface area contributed by atoms with Crippen LogP contribution in [0.1, 0.15) is 33.1 Å². The Labute approximate surface area is 94.9 Å². The van der Waals surface area contributed by atoms with Crippen LogP contribution in [0.25, 0.3) is 0 Å². The number of amides is 1. The summed E-state index contributed by atoms with van der Waals surface area (Å²) in [6, 6.07) is 0. The molecule has 0 aromatic heterocycles. The largest absolute Gasteiger partial charge is 0.495 e. The van der Waals surface area contributed by atoms with Crippen LogP contribution >= 0.6 is 0 Å². The first kappa shape index (κ1) is 10.00. The molecule has 1 saturated heterocycles. The standard InChI is InChI=1S/C12H17NO3/c1-7(14)13-10(15)16-9-6-8-4-5-12(9,13)11(8,2)3/h8-9,14H,1,4-6H2,2-3H3/t8-,9-,12-/m1/s1. The Morgan fingerprint density at radius 1 is 1.62 bits per heavy atom. The van der Waals surface area contributed by atoms with Crippen molar-refractivity contribution in [3.63, 3.8) is 0 Å². The molecule has 1 spiro atoms. The number of carbonyl (C=O) groups is 1. The molecule has 0 unspecified atom stereocenters. The number of hydrogen-bond acceptors (Lipinski definition) is 3. The van der Waals surface area contributed by atoms with Crippen LogP contribution in [0.15, 0.2) is 12.5 Å². The molecule has 1 amide bonds. The monoisotopic (exact) mass is 223 g/mol. The number of hydrogen-bond donors (Lipinski definition) is 1. The van der Waals surface area contributed by atoms with Crippen molar-refractivity contribution in [2.24, 2.45) is 11.3 Å². The molecule has 2 bridgehead atoms. The Hall–Kier alpha value is -1.19. The van der Waals surface area contributed by atoms with Crippen molar-refractivity contribution < 1.29 is 14.6 Å². The summed E-state index contributed by atoms with van der Waals surface area (Å²) >= 11 is 0. The summed E-state index contributed by atoms with van der Waals surface area (Å²) in [6.07, 6.45) is 2.41. The first-order valence-corrected chi connectivity index (χ1v) is 5.80. The molecule has 1 aliphatic heterocycles. The summed E-state index contributed by atoms with van der Waals surface area (Å²) < 4.78 is 5.39. The summed E-state index contributed by atoms with van der Waals surface area (Å²) in [5.41, 5.74) is -0.365. The van der Waals surface area contributed by atoms with Crippen molar-refractivity contribution in [3.8, 4) is 0 Å². The van der Waals surface area contributed by atoms with Gasteiger partial charge in [0.05, 0.1) is 5.54 Å². The van der Waals surface area contributed by atoms with Gasteiger partial charge >= 0.3 is 6.09 Å². The molecule has 3 aliphatic rings. The molecule has 1 N–H and O–H groups in total. The van der Waals surface area contributed by atoms with Gasteiger partial charge < -0.3 is 9.84 Å². The zero-order valence-corrected chi connectivity index (χ0v) is 9.69. The maximum atomic E-state index is 11.8. The fourth-order valence-electron chi connectivity index (χ4n) is 4.24. The molecule has 2 aliphatic carbocycles. The molecule has 4 heteroatoms. The third-order valence-electron chi connectivity index (χ3n) is 5.12. The van der Waals surface area contributed by atoms with E-state index in [-0.39, 0.29) is 22.9 Å². The van der Waals surface area contributed by atoms with Gasteiger partial charge in [0.25, 0.3) is 0 Å². The van der Waals surface area contributed by atoms with Crippen LogP contribution in [0, 0.1) is 11.3 Å². The van der Waals surface area contributed by atoms with Crippen LogP contribution in [-0.2, 0) is 4.74 Å². The molecule has 0 aromatic rings. The second-order valence-electron chi connectivity index (χ2n) is 5.74. The highest BCUT2D eigenvalue weighted by atomic mass is 16.6. The van der Waals surface area contributed by atoms with Crippen LogP contribution in [-0.4, -0.2) is 27.7 Å². The van der Waals surface area contributed by atoms with Gasteiger partial charge in [-0.1, -0.05) is 13.8 Å². The van der Waals surface area contributed by atoms with E-state index in [0.29, 0.717) is 5.92 Å². The number of nitrogens with zero attached hydrogens (tertiary/aromatic N) is 1. The lowest BCUT2D eigenvalue weighted by Gasteiger charge is -2.41. The molecule has 3 fully saturated rings. The summed E-state index contributed by atoms with van der Waals surface area (Å²) in [4.78, 5) is 13.2. The molecule has 2 saturated carbocycles. The lowest BCUT2D eigenvalue weighted by molar-refractivity contribution is 0.0480. The van der Waals surface area contributed by atoms with E-state index in [1.165, 1.54) is 4.90 Å². The molecule has 0 radical (unpaired) electrons. The molecule has 3 atom stereocenters. The SMILES string of the molecule is C=C(O)N1C(=O)O[C@@H]2C[C@H]3CC[C@]21C3(C)C. The minimum atomic E-state index is -0.439. The van der Waals surface area contributed by atoms with Gasteiger partial charge in [-0.25, -0.2) is 9.69 Å². The molecule has 16 heavy (non-hydrogen) atoms. The highest BCUT2D eigenvalue weighted by Gasteiger charge is 2.73. The van der Waals surface area contributed by atoms with Gasteiger partial charge in [0.2, 0.25) is 0 Å². The van der Waals surface area contributed by atoms with E-state index >= 15 is 0 Å². The maximum absolute atomic E-state index is 11.8. The zero-order chi connectivity index (χ0) is 11.7. The molecular formula is C12H17NO3. The zero-order valence-electron chi connectivity index (χ0n) is 9.69. The average molecular weight is 223 g/mol. The maximum Gasteiger partial charge on any atom is 0.417 e. The van der Waals surface area contributed by atoms with Crippen LogP contribution in [0.3, 0.4) is 0 Å². The van der Waals surface area contributed by atoms with Gasteiger partial charge in [0.15, 0.2) is 5.88 Å². The molecule has 0 aromatic carbocycles. The van der Waals surface area contributed by atoms with Crippen molar-refractivity contribution in [1.29, 1.82) is 0 Å². The van der Waals surface area contributed by atoms with Crippen LogP contribution in [0.5, 0.6) is 0 Å². The van der Waals surface area contributed by atoms with Crippen LogP contribution in [0.2, 0.25) is 0 Å². The van der Waals surface area contributed by atoms with Crippen molar-refractivity contribution in [1.82, 2.24) is 4.90 Å². The third-order valence-corrected chi connectivity index (χ3v) is 5.12. The Morgan fingerprint density at radius 3 is 2.88 bits per heavy atom. The summed E-state index contributed by atoms with van der Waals surface area (Å²) in [6.45, 7) is 7.84. The molecule has 4 nitrogen and oxygen atoms in total. The van der Waals surface area contributed by atoms with E-state index in [9.17, 15) is 9.90 Å². The predicted octanol–water partition coefficient (Wildman–Crippen LogP) is 2.42. The minimum Gasteiger partial charge on any atom is -0.495 e. The first-order chi connectivity index (χ1) is 7.41. The van der Waals surface area contributed by atoms with E-state index in [2.05, 4.69) is 20.4 Å². The predicted molar refractivity (Wildman–Crippen MR) is 57.7 cm³/mol. The number of fused-ring (bicyclic) bond motifs is 1. The quantitative estimate of drug-likeness (QED) is 0.694. The lowest BCUT2D eigenvalue weighted by atomic mass is 9.75. The molecule has 88 valence electrons. The summed E-state index contributed by atoms with van der Waals surface area (Å²) in [5, 5.41) is 9.65. The first-order valence-electron chi connectivity index (χ1n) is 5.80. The second-order valence-corrected chi connectivity index (χ2v) is 5.74. The fraction of sp³-hybridized carbons (Fsp3) is 0.750. The number of aliphatic hydroxyl groups excluding tert-OH is 1. The molecule has 1 heterocycles. The van der Waals surface area contributed by atoms with Crippen molar-refractivity contribution in [2.45, 2.75) is 44.8 Å².